The molecule has 0 unspecified atom stereocenters. The third kappa shape index (κ3) is 15.4. The van der Waals surface area contributed by atoms with Crippen LogP contribution in [0.15, 0.2) is 84.9 Å². The van der Waals surface area contributed by atoms with E-state index in [1.165, 1.54) is 17.4 Å². The van der Waals surface area contributed by atoms with E-state index >= 15 is 0 Å². The smallest absolute Gasteiger partial charge is 0.269 e. The number of piperazine rings is 2. The normalized spacial score (nSPS) is 14.1. The zero-order valence-electron chi connectivity index (χ0n) is 38.3. The van der Waals surface area contributed by atoms with Gasteiger partial charge in [0.2, 0.25) is 11.9 Å². The summed E-state index contributed by atoms with van der Waals surface area (Å²) in [5.74, 6) is 8.27. The van der Waals surface area contributed by atoms with E-state index in [-0.39, 0.29) is 17.8 Å². The first-order valence-electron chi connectivity index (χ1n) is 22.9. The predicted octanol–water partition coefficient (Wildman–Crippen LogP) is 5.12. The van der Waals surface area contributed by atoms with E-state index in [2.05, 4.69) is 106 Å². The van der Waals surface area contributed by atoms with Gasteiger partial charge < -0.3 is 36.2 Å². The second kappa shape index (κ2) is 25.5. The zero-order chi connectivity index (χ0) is 46.5. The monoisotopic (exact) mass is 900 g/mol. The topological polar surface area (TPSA) is 238 Å². The van der Waals surface area contributed by atoms with E-state index in [0.29, 0.717) is 22.8 Å². The van der Waals surface area contributed by atoms with Crippen LogP contribution in [0.5, 0.6) is 11.5 Å². The standard InChI is InChI=1S/C28H34N8O2.C20H31N7O/c1-2-17-38-25-10-8-24(9-11-25)36-15-13-35(14-16-36)12-4-7-23-19-26(32-28(30)31-23)33-34-27(37)22-6-3-5-21(18-22)20-29;1-2-14-28-18-7-5-17(6-8-18)27-12-10-26(11-13-27)9-3-4-16-15-19(25-22)24-20(21)23-16/h3,5-6,8-11,18-19H,2,4,7,12-17H2,1H3,(H,34,37)(H3,30,31,32,33);5-8,15H,2-4,9-14,22H2,1H3,(H3,21,23,24,25). The Morgan fingerprint density at radius 1 is 0.667 bits per heavy atom. The molecule has 0 atom stereocenters. The van der Waals surface area contributed by atoms with Gasteiger partial charge in [0.15, 0.2) is 0 Å². The number of amides is 1. The van der Waals surface area contributed by atoms with Gasteiger partial charge in [-0.15, -0.1) is 0 Å². The van der Waals surface area contributed by atoms with E-state index in [1.54, 1.807) is 24.3 Å². The highest BCUT2D eigenvalue weighted by molar-refractivity contribution is 5.95. The number of nitrogen functional groups attached to an aromatic ring is 3. The molecule has 350 valence electrons. The van der Waals surface area contributed by atoms with Gasteiger partial charge in [0, 0.05) is 92.8 Å². The van der Waals surface area contributed by atoms with Crippen molar-refractivity contribution in [3.05, 3.63) is 107 Å². The summed E-state index contributed by atoms with van der Waals surface area (Å²) in [5, 5.41) is 9.02. The summed E-state index contributed by atoms with van der Waals surface area (Å²) in [4.78, 5) is 39.0. The van der Waals surface area contributed by atoms with Crippen LogP contribution < -0.4 is 52.9 Å². The fraction of sp³-hybridized carbons (Fsp3) is 0.417. The van der Waals surface area contributed by atoms with Crippen molar-refractivity contribution in [1.29, 1.82) is 5.26 Å². The number of ether oxygens (including phenoxy) is 2. The van der Waals surface area contributed by atoms with Crippen molar-refractivity contribution in [2.24, 2.45) is 5.84 Å². The molecule has 2 saturated heterocycles. The van der Waals surface area contributed by atoms with Crippen LogP contribution in [0.2, 0.25) is 0 Å². The second-order valence-electron chi connectivity index (χ2n) is 16.2. The average molecular weight is 900 g/mol. The maximum absolute atomic E-state index is 12.4. The second-order valence-corrected chi connectivity index (χ2v) is 16.2. The molecule has 2 aliphatic rings. The molecule has 4 heterocycles. The van der Waals surface area contributed by atoms with Crippen LogP contribution in [0, 0.1) is 11.3 Å². The molecule has 2 aliphatic heterocycles. The number of nitrogens with two attached hydrogens (primary N) is 3. The van der Waals surface area contributed by atoms with Gasteiger partial charge in [-0.05, 0) is 118 Å². The van der Waals surface area contributed by atoms with Gasteiger partial charge in [-0.25, -0.2) is 15.8 Å². The van der Waals surface area contributed by atoms with Gasteiger partial charge in [0.25, 0.3) is 5.91 Å². The molecule has 2 fully saturated rings. The molecule has 7 rings (SSSR count). The number of nitrogens with one attached hydrogen (secondary N) is 3. The molecule has 1 amide bonds. The van der Waals surface area contributed by atoms with E-state index < -0.39 is 0 Å². The lowest BCUT2D eigenvalue weighted by molar-refractivity contribution is 0.0962. The van der Waals surface area contributed by atoms with E-state index in [4.69, 9.17) is 32.0 Å². The number of nitriles is 1. The minimum atomic E-state index is -0.374. The summed E-state index contributed by atoms with van der Waals surface area (Å²) in [5.41, 5.74) is 24.5. The quantitative estimate of drug-likeness (QED) is 0.0439. The molecule has 0 radical (unpaired) electrons. The first-order chi connectivity index (χ1) is 32.2. The van der Waals surface area contributed by atoms with Crippen LogP contribution in [0.3, 0.4) is 0 Å². The molecule has 0 saturated carbocycles. The largest absolute Gasteiger partial charge is 0.494 e. The molecule has 66 heavy (non-hydrogen) atoms. The maximum atomic E-state index is 12.4. The minimum absolute atomic E-state index is 0.144. The predicted molar refractivity (Wildman–Crippen MR) is 261 cm³/mol. The molecule has 2 aromatic heterocycles. The Bertz CT molecular complexity index is 2290. The number of aryl methyl sites for hydroxylation is 2. The van der Waals surface area contributed by atoms with Crippen LogP contribution in [0.1, 0.15) is 66.8 Å². The maximum Gasteiger partial charge on any atom is 0.269 e. The Kier molecular flexibility index (Phi) is 18.8. The summed E-state index contributed by atoms with van der Waals surface area (Å²) in [6.07, 6.45) is 5.61. The van der Waals surface area contributed by atoms with E-state index in [1.807, 2.05) is 24.3 Å². The molecular formula is C48H65N15O3. The highest BCUT2D eigenvalue weighted by atomic mass is 16.5. The number of carbonyl (C=O) groups is 1. The lowest BCUT2D eigenvalue weighted by Crippen LogP contribution is -2.46. The van der Waals surface area contributed by atoms with Crippen molar-refractivity contribution in [2.45, 2.75) is 52.4 Å². The van der Waals surface area contributed by atoms with Gasteiger partial charge in [-0.1, -0.05) is 19.9 Å². The first-order valence-corrected chi connectivity index (χ1v) is 22.9. The molecular weight excluding hydrogens is 835 g/mol. The van der Waals surface area contributed by atoms with Crippen LogP contribution in [-0.2, 0) is 12.8 Å². The molecule has 0 aliphatic carbocycles. The number of aromatic nitrogens is 4. The fourth-order valence-electron chi connectivity index (χ4n) is 7.73. The number of hydrogen-bond donors (Lipinski definition) is 6. The molecule has 18 heteroatoms. The Hall–Kier alpha value is -6.94. The zero-order valence-corrected chi connectivity index (χ0v) is 38.3. The summed E-state index contributed by atoms with van der Waals surface area (Å²) >= 11 is 0. The van der Waals surface area contributed by atoms with E-state index in [9.17, 15) is 4.79 Å². The Labute approximate surface area is 388 Å². The third-order valence-corrected chi connectivity index (χ3v) is 11.2. The van der Waals surface area contributed by atoms with Gasteiger partial charge in [0.1, 0.15) is 23.1 Å². The third-order valence-electron chi connectivity index (χ3n) is 11.2. The van der Waals surface area contributed by atoms with Crippen LogP contribution >= 0.6 is 0 Å². The van der Waals surface area contributed by atoms with Gasteiger partial charge in [-0.3, -0.25) is 25.4 Å². The molecule has 9 N–H and O–H groups in total. The van der Waals surface area contributed by atoms with Crippen LogP contribution in [0.4, 0.5) is 34.9 Å². The summed E-state index contributed by atoms with van der Waals surface area (Å²) in [6, 6.07) is 28.9. The number of benzene rings is 3. The lowest BCUT2D eigenvalue weighted by atomic mass is 10.1. The highest BCUT2D eigenvalue weighted by Gasteiger charge is 2.19. The van der Waals surface area contributed by atoms with Crippen molar-refractivity contribution in [3.8, 4) is 17.6 Å². The lowest BCUT2D eigenvalue weighted by Gasteiger charge is -2.36. The fourth-order valence-corrected chi connectivity index (χ4v) is 7.73. The van der Waals surface area contributed by atoms with Crippen molar-refractivity contribution < 1.29 is 14.3 Å². The number of rotatable bonds is 20. The number of hydrazine groups is 2. The first kappa shape index (κ1) is 48.5. The average Bonchev–Trinajstić information content (AvgIpc) is 3.35. The molecule has 3 aromatic carbocycles. The van der Waals surface area contributed by atoms with Crippen LogP contribution in [0.25, 0.3) is 0 Å². The summed E-state index contributed by atoms with van der Waals surface area (Å²) in [6.45, 7) is 15.9. The molecule has 0 bridgehead atoms. The number of anilines is 6. The SMILES string of the molecule is CCCOc1ccc(N2CCN(CCCc3cc(NN)nc(N)n3)CC2)cc1.CCCOc1ccc(N2CCN(CCCc3cc(NNC(=O)c4cccc(C#N)c4)nc(N)n3)CC2)cc1. The Morgan fingerprint density at radius 2 is 1.15 bits per heavy atom. The number of nitrogens with zero attached hydrogens (tertiary/aromatic N) is 9. The number of carbonyl (C=O) groups excluding carboxylic acids is 1. The van der Waals surface area contributed by atoms with Gasteiger partial charge >= 0.3 is 0 Å². The van der Waals surface area contributed by atoms with Gasteiger partial charge in [-0.2, -0.15) is 15.2 Å². The Balaban J connectivity index is 0.000000229. The summed E-state index contributed by atoms with van der Waals surface area (Å²) < 4.78 is 11.3. The van der Waals surface area contributed by atoms with Crippen molar-refractivity contribution in [1.82, 2.24) is 35.2 Å². The van der Waals surface area contributed by atoms with Crippen molar-refractivity contribution in [2.75, 3.05) is 111 Å². The molecule has 18 nitrogen and oxygen atoms in total. The molecule has 0 spiro atoms. The van der Waals surface area contributed by atoms with Gasteiger partial charge in [0.05, 0.1) is 24.8 Å². The summed E-state index contributed by atoms with van der Waals surface area (Å²) in [7, 11) is 0. The van der Waals surface area contributed by atoms with Crippen LogP contribution in [-0.4, -0.2) is 114 Å². The Morgan fingerprint density at radius 3 is 1.62 bits per heavy atom. The van der Waals surface area contributed by atoms with E-state index in [0.717, 1.165) is 140 Å². The molecule has 5 aromatic rings. The van der Waals surface area contributed by atoms with Crippen molar-refractivity contribution >= 4 is 40.8 Å². The number of hydrogen-bond acceptors (Lipinski definition) is 17. The highest BCUT2D eigenvalue weighted by Crippen LogP contribution is 2.23. The minimum Gasteiger partial charge on any atom is -0.494 e. The van der Waals surface area contributed by atoms with Crippen molar-refractivity contribution in [3.63, 3.8) is 0 Å².